The van der Waals surface area contributed by atoms with Gasteiger partial charge >= 0.3 is 0 Å². The highest BCUT2D eigenvalue weighted by atomic mass is 16.2. The summed E-state index contributed by atoms with van der Waals surface area (Å²) in [4.78, 5) is 35.6. The van der Waals surface area contributed by atoms with Crippen molar-refractivity contribution in [3.63, 3.8) is 0 Å². The van der Waals surface area contributed by atoms with Crippen molar-refractivity contribution in [2.24, 2.45) is 0 Å². The Bertz CT molecular complexity index is 309. The first-order valence-electron chi connectivity index (χ1n) is 5.24. The van der Waals surface area contributed by atoms with Crippen molar-refractivity contribution in [2.45, 2.75) is 26.3 Å². The number of likely N-dealkylation sites (N-methyl/N-ethyl adjacent to an activating group) is 1. The summed E-state index contributed by atoms with van der Waals surface area (Å²) in [5, 5.41) is 5.17. The van der Waals surface area contributed by atoms with Gasteiger partial charge in [-0.05, 0) is 20.4 Å². The Kier molecular flexibility index (Phi) is 3.64. The maximum absolute atomic E-state index is 12.0. The van der Waals surface area contributed by atoms with Crippen LogP contribution in [0.1, 0.15) is 20.8 Å². The van der Waals surface area contributed by atoms with Crippen molar-refractivity contribution in [1.29, 1.82) is 0 Å². The number of imide groups is 1. The highest BCUT2D eigenvalue weighted by molar-refractivity contribution is 6.03. The zero-order chi connectivity index (χ0) is 12.3. The molecule has 1 aliphatic heterocycles. The van der Waals surface area contributed by atoms with Gasteiger partial charge in [0.05, 0.1) is 5.54 Å². The number of nitrogens with one attached hydrogen (secondary N) is 2. The molecule has 0 spiro atoms. The summed E-state index contributed by atoms with van der Waals surface area (Å²) in [5.41, 5.74) is -0.757. The molecule has 1 aliphatic rings. The number of hydrogen-bond donors (Lipinski definition) is 2. The normalized spacial score (nSPS) is 17.3. The Morgan fingerprint density at radius 3 is 2.31 bits per heavy atom. The summed E-state index contributed by atoms with van der Waals surface area (Å²) in [6, 6.07) is 0. The van der Waals surface area contributed by atoms with Crippen molar-refractivity contribution in [3.8, 4) is 0 Å². The molecule has 3 amide bonds. The summed E-state index contributed by atoms with van der Waals surface area (Å²) < 4.78 is 0. The summed E-state index contributed by atoms with van der Waals surface area (Å²) in [6.07, 6.45) is 0. The van der Waals surface area contributed by atoms with Gasteiger partial charge in [0.1, 0.15) is 13.1 Å². The Balaban J connectivity index is 2.73. The van der Waals surface area contributed by atoms with Crippen LogP contribution < -0.4 is 10.6 Å². The quantitative estimate of drug-likeness (QED) is 0.597. The number of carbonyl (C=O) groups is 3. The fourth-order valence-corrected chi connectivity index (χ4v) is 1.69. The van der Waals surface area contributed by atoms with Crippen molar-refractivity contribution >= 4 is 17.7 Å². The number of hydrogen-bond acceptors (Lipinski definition) is 4. The topological polar surface area (TPSA) is 78.5 Å². The molecule has 16 heavy (non-hydrogen) atoms. The van der Waals surface area contributed by atoms with Crippen LogP contribution in [0.25, 0.3) is 0 Å². The van der Waals surface area contributed by atoms with Crippen molar-refractivity contribution in [2.75, 3.05) is 19.6 Å². The van der Waals surface area contributed by atoms with E-state index in [1.165, 1.54) is 4.90 Å². The third-order valence-electron chi connectivity index (χ3n) is 2.39. The lowest BCUT2D eigenvalue weighted by Crippen LogP contribution is -2.60. The van der Waals surface area contributed by atoms with Crippen LogP contribution in [0.4, 0.5) is 0 Å². The highest BCUT2D eigenvalue weighted by Gasteiger charge is 2.35. The molecule has 1 heterocycles. The van der Waals surface area contributed by atoms with Crippen LogP contribution >= 0.6 is 0 Å². The van der Waals surface area contributed by atoms with Crippen LogP contribution in [-0.4, -0.2) is 47.8 Å². The molecule has 1 saturated heterocycles. The van der Waals surface area contributed by atoms with Gasteiger partial charge in [-0.1, -0.05) is 6.92 Å². The van der Waals surface area contributed by atoms with Gasteiger partial charge < -0.3 is 10.2 Å². The van der Waals surface area contributed by atoms with E-state index in [4.69, 9.17) is 0 Å². The molecule has 2 N–H and O–H groups in total. The Morgan fingerprint density at radius 1 is 1.38 bits per heavy atom. The van der Waals surface area contributed by atoms with Gasteiger partial charge in [-0.2, -0.15) is 0 Å². The molecule has 0 saturated carbocycles. The lowest BCUT2D eigenvalue weighted by molar-refractivity contribution is -0.148. The molecule has 1 rings (SSSR count). The molecule has 0 aliphatic carbocycles. The summed E-state index contributed by atoms with van der Waals surface area (Å²) >= 11 is 0. The fraction of sp³-hybridized carbons (Fsp3) is 0.700. The van der Waals surface area contributed by atoms with Gasteiger partial charge in [0.25, 0.3) is 0 Å². The van der Waals surface area contributed by atoms with Crippen molar-refractivity contribution in [3.05, 3.63) is 0 Å². The zero-order valence-corrected chi connectivity index (χ0v) is 9.79. The molecular weight excluding hydrogens is 210 g/mol. The van der Waals surface area contributed by atoms with Gasteiger partial charge in [0, 0.05) is 0 Å². The Morgan fingerprint density at radius 2 is 1.88 bits per heavy atom. The standard InChI is InChI=1S/C10H17N3O3/c1-4-11-10(2,3)9(16)13-5-7(14)12-8(15)6-13/h11H,4-6H2,1-3H3,(H,12,14,15). The molecule has 1 fully saturated rings. The first kappa shape index (κ1) is 12.6. The second-order valence-electron chi connectivity index (χ2n) is 4.29. The van der Waals surface area contributed by atoms with E-state index in [1.807, 2.05) is 6.92 Å². The predicted molar refractivity (Wildman–Crippen MR) is 57.5 cm³/mol. The van der Waals surface area contributed by atoms with E-state index in [0.717, 1.165) is 0 Å². The molecule has 0 atom stereocenters. The van der Waals surface area contributed by atoms with E-state index in [1.54, 1.807) is 13.8 Å². The van der Waals surface area contributed by atoms with E-state index in [2.05, 4.69) is 10.6 Å². The number of rotatable bonds is 3. The summed E-state index contributed by atoms with van der Waals surface area (Å²) in [6.45, 7) is 5.89. The lowest BCUT2D eigenvalue weighted by atomic mass is 10.0. The van der Waals surface area contributed by atoms with Crippen LogP contribution in [0, 0.1) is 0 Å². The molecule has 6 nitrogen and oxygen atoms in total. The van der Waals surface area contributed by atoms with Crippen LogP contribution in [0.2, 0.25) is 0 Å². The van der Waals surface area contributed by atoms with E-state index in [0.29, 0.717) is 6.54 Å². The summed E-state index contributed by atoms with van der Waals surface area (Å²) in [5.74, 6) is -1.11. The first-order valence-corrected chi connectivity index (χ1v) is 5.24. The average molecular weight is 227 g/mol. The van der Waals surface area contributed by atoms with Crippen molar-refractivity contribution < 1.29 is 14.4 Å². The van der Waals surface area contributed by atoms with Crippen molar-refractivity contribution in [1.82, 2.24) is 15.5 Å². The molecule has 0 aromatic carbocycles. The molecule has 0 unspecified atom stereocenters. The van der Waals surface area contributed by atoms with E-state index in [-0.39, 0.29) is 19.0 Å². The van der Waals surface area contributed by atoms with Gasteiger partial charge in [0.2, 0.25) is 17.7 Å². The molecule has 0 radical (unpaired) electrons. The fourth-order valence-electron chi connectivity index (χ4n) is 1.69. The lowest BCUT2D eigenvalue weighted by Gasteiger charge is -2.33. The van der Waals surface area contributed by atoms with E-state index >= 15 is 0 Å². The minimum absolute atomic E-state index is 0.0562. The second-order valence-corrected chi connectivity index (χ2v) is 4.29. The van der Waals surface area contributed by atoms with E-state index in [9.17, 15) is 14.4 Å². The minimum atomic E-state index is -0.757. The van der Waals surface area contributed by atoms with Crippen LogP contribution in [0.3, 0.4) is 0 Å². The van der Waals surface area contributed by atoms with E-state index < -0.39 is 17.4 Å². The molecule has 0 aromatic heterocycles. The molecule has 0 aromatic rings. The molecular formula is C10H17N3O3. The monoisotopic (exact) mass is 227 g/mol. The Labute approximate surface area is 94.4 Å². The smallest absolute Gasteiger partial charge is 0.246 e. The maximum atomic E-state index is 12.0. The second kappa shape index (κ2) is 4.61. The SMILES string of the molecule is CCNC(C)(C)C(=O)N1CC(=O)NC(=O)C1. The zero-order valence-electron chi connectivity index (χ0n) is 9.79. The van der Waals surface area contributed by atoms with Crippen LogP contribution in [0.5, 0.6) is 0 Å². The number of nitrogens with zero attached hydrogens (tertiary/aromatic N) is 1. The average Bonchev–Trinajstić information content (AvgIpc) is 2.14. The summed E-state index contributed by atoms with van der Waals surface area (Å²) in [7, 11) is 0. The van der Waals surface area contributed by atoms with Gasteiger partial charge in [-0.15, -0.1) is 0 Å². The third kappa shape index (κ3) is 2.79. The molecule has 90 valence electrons. The number of piperazine rings is 1. The predicted octanol–water partition coefficient (Wildman–Crippen LogP) is -1.14. The van der Waals surface area contributed by atoms with Crippen LogP contribution in [0.15, 0.2) is 0 Å². The minimum Gasteiger partial charge on any atom is -0.322 e. The number of amides is 3. The third-order valence-corrected chi connectivity index (χ3v) is 2.39. The van der Waals surface area contributed by atoms with Gasteiger partial charge in [-0.25, -0.2) is 0 Å². The largest absolute Gasteiger partial charge is 0.322 e. The molecule has 6 heteroatoms. The number of carbonyl (C=O) groups excluding carboxylic acids is 3. The first-order chi connectivity index (χ1) is 7.36. The van der Waals surface area contributed by atoms with Gasteiger partial charge in [0.15, 0.2) is 0 Å². The van der Waals surface area contributed by atoms with Gasteiger partial charge in [-0.3, -0.25) is 19.7 Å². The highest BCUT2D eigenvalue weighted by Crippen LogP contribution is 2.09. The van der Waals surface area contributed by atoms with Crippen LogP contribution in [-0.2, 0) is 14.4 Å². The maximum Gasteiger partial charge on any atom is 0.246 e. The Hall–Kier alpha value is -1.43. The molecule has 0 bridgehead atoms.